The summed E-state index contributed by atoms with van der Waals surface area (Å²) in [5, 5.41) is 0. The monoisotopic (exact) mass is 186 g/mol. The van der Waals surface area contributed by atoms with Gasteiger partial charge in [0.1, 0.15) is 0 Å². The van der Waals surface area contributed by atoms with Crippen LogP contribution >= 0.6 is 0 Å². The maximum Gasteiger partial charge on any atom is 0.414 e. The standard InChI is InChI=1S/C9H12F2N2/c1-3-5-12-7-8-13(6-4-2)9(12,10)11/h3-4,7-8H,1-2,5-6H2. The second-order valence-corrected chi connectivity index (χ2v) is 2.69. The molecule has 1 rings (SSSR count). The van der Waals surface area contributed by atoms with E-state index in [1.807, 2.05) is 0 Å². The number of alkyl halides is 2. The Bertz CT molecular complexity index is 214. The van der Waals surface area contributed by atoms with Gasteiger partial charge in [0.05, 0.1) is 0 Å². The molecule has 0 radical (unpaired) electrons. The zero-order valence-corrected chi connectivity index (χ0v) is 7.29. The largest absolute Gasteiger partial charge is 0.414 e. The summed E-state index contributed by atoms with van der Waals surface area (Å²) in [7, 11) is 0. The van der Waals surface area contributed by atoms with Crippen molar-refractivity contribution >= 4 is 0 Å². The van der Waals surface area contributed by atoms with E-state index in [4.69, 9.17) is 0 Å². The molecule has 1 aliphatic heterocycles. The van der Waals surface area contributed by atoms with Crippen LogP contribution in [0.15, 0.2) is 37.7 Å². The van der Waals surface area contributed by atoms with Crippen molar-refractivity contribution in [2.45, 2.75) is 6.17 Å². The lowest BCUT2D eigenvalue weighted by molar-refractivity contribution is -0.195. The molecule has 0 saturated carbocycles. The third-order valence-electron chi connectivity index (χ3n) is 1.77. The smallest absolute Gasteiger partial charge is 0.296 e. The van der Waals surface area contributed by atoms with E-state index in [0.717, 1.165) is 9.80 Å². The zero-order valence-electron chi connectivity index (χ0n) is 7.29. The van der Waals surface area contributed by atoms with Gasteiger partial charge in [-0.3, -0.25) is 9.80 Å². The Hall–Kier alpha value is -1.32. The number of halogens is 2. The molecule has 0 aromatic heterocycles. The maximum atomic E-state index is 13.3. The first-order chi connectivity index (χ1) is 6.12. The number of hydrogen-bond donors (Lipinski definition) is 0. The van der Waals surface area contributed by atoms with Crippen LogP contribution in [0.25, 0.3) is 0 Å². The Morgan fingerprint density at radius 3 is 1.77 bits per heavy atom. The van der Waals surface area contributed by atoms with Gasteiger partial charge >= 0.3 is 6.17 Å². The van der Waals surface area contributed by atoms with Gasteiger partial charge in [-0.1, -0.05) is 12.2 Å². The summed E-state index contributed by atoms with van der Waals surface area (Å²) in [5.74, 6) is 0. The highest BCUT2D eigenvalue weighted by Gasteiger charge is 2.43. The Kier molecular flexibility index (Phi) is 2.70. The second-order valence-electron chi connectivity index (χ2n) is 2.69. The molecule has 0 aliphatic carbocycles. The first-order valence-corrected chi connectivity index (χ1v) is 3.94. The molecular formula is C9H12F2N2. The van der Waals surface area contributed by atoms with Crippen LogP contribution in [0.2, 0.25) is 0 Å². The van der Waals surface area contributed by atoms with Gasteiger partial charge in [-0.25, -0.2) is 0 Å². The third kappa shape index (κ3) is 1.71. The van der Waals surface area contributed by atoms with Crippen molar-refractivity contribution in [3.8, 4) is 0 Å². The molecule has 0 bridgehead atoms. The first-order valence-electron chi connectivity index (χ1n) is 3.94. The van der Waals surface area contributed by atoms with E-state index in [1.165, 1.54) is 24.6 Å². The zero-order chi connectivity index (χ0) is 9.90. The number of hydrogen-bond acceptors (Lipinski definition) is 2. The van der Waals surface area contributed by atoms with Gasteiger partial charge in [0.2, 0.25) is 0 Å². The first kappa shape index (κ1) is 9.77. The molecule has 0 aromatic carbocycles. The van der Waals surface area contributed by atoms with E-state index in [2.05, 4.69) is 13.2 Å². The fourth-order valence-electron chi connectivity index (χ4n) is 1.12. The van der Waals surface area contributed by atoms with E-state index in [1.54, 1.807) is 0 Å². The van der Waals surface area contributed by atoms with Crippen LogP contribution in [0, 0.1) is 0 Å². The molecule has 0 N–H and O–H groups in total. The minimum atomic E-state index is -2.96. The normalized spacial score (nSPS) is 19.2. The summed E-state index contributed by atoms with van der Waals surface area (Å²) in [4.78, 5) is 1.84. The summed E-state index contributed by atoms with van der Waals surface area (Å²) in [6.07, 6.45) is 2.63. The molecule has 13 heavy (non-hydrogen) atoms. The molecule has 0 saturated heterocycles. The van der Waals surface area contributed by atoms with Crippen molar-refractivity contribution in [2.24, 2.45) is 0 Å². The van der Waals surface area contributed by atoms with Crippen LogP contribution in [0.5, 0.6) is 0 Å². The molecule has 0 spiro atoms. The van der Waals surface area contributed by atoms with Gasteiger partial charge in [-0.15, -0.1) is 13.2 Å². The van der Waals surface area contributed by atoms with Gasteiger partial charge in [-0.2, -0.15) is 8.78 Å². The molecule has 1 aliphatic rings. The van der Waals surface area contributed by atoms with Crippen LogP contribution in [0.3, 0.4) is 0 Å². The molecule has 0 fully saturated rings. The van der Waals surface area contributed by atoms with Gasteiger partial charge in [0.15, 0.2) is 0 Å². The van der Waals surface area contributed by atoms with Gasteiger partial charge in [-0.05, 0) is 0 Å². The van der Waals surface area contributed by atoms with Crippen molar-refractivity contribution in [3.63, 3.8) is 0 Å². The van der Waals surface area contributed by atoms with E-state index in [-0.39, 0.29) is 13.1 Å². The lowest BCUT2D eigenvalue weighted by atomic mass is 10.5. The van der Waals surface area contributed by atoms with Crippen LogP contribution < -0.4 is 0 Å². The van der Waals surface area contributed by atoms with E-state index in [9.17, 15) is 8.78 Å². The Labute approximate surface area is 76.4 Å². The SMILES string of the molecule is C=CCN1C=CN(CC=C)C1(F)F. The van der Waals surface area contributed by atoms with Crippen LogP contribution in [0.1, 0.15) is 0 Å². The topological polar surface area (TPSA) is 6.48 Å². The molecule has 0 unspecified atom stereocenters. The van der Waals surface area contributed by atoms with Crippen molar-refractivity contribution in [1.29, 1.82) is 0 Å². The van der Waals surface area contributed by atoms with Crippen molar-refractivity contribution < 1.29 is 8.78 Å². The minimum Gasteiger partial charge on any atom is -0.296 e. The molecule has 72 valence electrons. The van der Waals surface area contributed by atoms with E-state index in [0.29, 0.717) is 0 Å². The average molecular weight is 186 g/mol. The number of nitrogens with zero attached hydrogens (tertiary/aromatic N) is 2. The molecule has 4 heteroatoms. The Balaban J connectivity index is 2.69. The summed E-state index contributed by atoms with van der Waals surface area (Å²) in [6.45, 7) is 7.10. The highest BCUT2D eigenvalue weighted by Crippen LogP contribution is 2.30. The highest BCUT2D eigenvalue weighted by atomic mass is 19.3. The third-order valence-corrected chi connectivity index (χ3v) is 1.77. The van der Waals surface area contributed by atoms with Crippen LogP contribution in [-0.2, 0) is 0 Å². The molecular weight excluding hydrogens is 174 g/mol. The minimum absolute atomic E-state index is 0.136. The lowest BCUT2D eigenvalue weighted by Gasteiger charge is -2.30. The van der Waals surface area contributed by atoms with Gasteiger partial charge < -0.3 is 0 Å². The predicted octanol–water partition coefficient (Wildman–Crippen LogP) is 2.00. The molecule has 0 atom stereocenters. The Morgan fingerprint density at radius 1 is 1.08 bits per heavy atom. The Morgan fingerprint density at radius 2 is 1.46 bits per heavy atom. The molecule has 1 heterocycles. The van der Waals surface area contributed by atoms with Crippen molar-refractivity contribution in [2.75, 3.05) is 13.1 Å². The fraction of sp³-hybridized carbons (Fsp3) is 0.333. The molecule has 0 amide bonds. The lowest BCUT2D eigenvalue weighted by Crippen LogP contribution is -2.45. The van der Waals surface area contributed by atoms with E-state index >= 15 is 0 Å². The van der Waals surface area contributed by atoms with Gasteiger partial charge in [0, 0.05) is 25.5 Å². The van der Waals surface area contributed by atoms with Crippen LogP contribution in [0.4, 0.5) is 8.78 Å². The summed E-state index contributed by atoms with van der Waals surface area (Å²) >= 11 is 0. The second kappa shape index (κ2) is 3.60. The fourth-order valence-corrected chi connectivity index (χ4v) is 1.12. The van der Waals surface area contributed by atoms with Crippen molar-refractivity contribution in [3.05, 3.63) is 37.7 Å². The molecule has 0 aromatic rings. The predicted molar refractivity (Wildman–Crippen MR) is 47.9 cm³/mol. The van der Waals surface area contributed by atoms with E-state index < -0.39 is 6.17 Å². The average Bonchev–Trinajstić information content (AvgIpc) is 2.33. The van der Waals surface area contributed by atoms with Gasteiger partial charge in [0.25, 0.3) is 0 Å². The summed E-state index contributed by atoms with van der Waals surface area (Å²) in [5.41, 5.74) is 0. The maximum absolute atomic E-state index is 13.3. The highest BCUT2D eigenvalue weighted by molar-refractivity contribution is 5.00. The summed E-state index contributed by atoms with van der Waals surface area (Å²) in [6, 6.07) is 0. The molecule has 2 nitrogen and oxygen atoms in total. The quantitative estimate of drug-likeness (QED) is 0.489. The summed E-state index contributed by atoms with van der Waals surface area (Å²) < 4.78 is 26.7. The number of rotatable bonds is 4. The van der Waals surface area contributed by atoms with Crippen LogP contribution in [-0.4, -0.2) is 29.1 Å². The van der Waals surface area contributed by atoms with Crippen molar-refractivity contribution in [1.82, 2.24) is 9.80 Å².